The molecule has 0 saturated heterocycles. The van der Waals surface area contributed by atoms with Crippen LogP contribution in [0.3, 0.4) is 0 Å². The molecule has 19 heavy (non-hydrogen) atoms. The molecule has 0 aliphatic rings. The number of aliphatic carboxylic acids is 1. The van der Waals surface area contributed by atoms with Crippen molar-refractivity contribution < 1.29 is 15.0 Å². The largest absolute Gasteiger partial charge is 0.481 e. The summed E-state index contributed by atoms with van der Waals surface area (Å²) >= 11 is 1.57. The lowest BCUT2D eigenvalue weighted by Crippen LogP contribution is -2.40. The average molecular weight is 283 g/mol. The number of nitrogens with one attached hydrogen (secondary N) is 1. The standard InChI is InChI=1S/C14H21NO3S/c1-10(13(9-16)19-2)15-8-12(14(17)18)11-6-4-3-5-7-11/h3-7,10,12-13,15-16H,8-9H2,1-2H3,(H,17,18). The maximum absolute atomic E-state index is 11.3. The van der Waals surface area contributed by atoms with E-state index in [1.807, 2.05) is 43.5 Å². The molecule has 3 unspecified atom stereocenters. The predicted molar refractivity (Wildman–Crippen MR) is 78.7 cm³/mol. The van der Waals surface area contributed by atoms with Crippen molar-refractivity contribution in [2.45, 2.75) is 24.1 Å². The van der Waals surface area contributed by atoms with Gasteiger partial charge in [-0.15, -0.1) is 0 Å². The Morgan fingerprint density at radius 2 is 2.00 bits per heavy atom. The first-order valence-electron chi connectivity index (χ1n) is 6.25. The predicted octanol–water partition coefficient (Wildman–Crippen LogP) is 1.56. The van der Waals surface area contributed by atoms with E-state index in [0.717, 1.165) is 5.56 Å². The van der Waals surface area contributed by atoms with Crippen LogP contribution in [0.2, 0.25) is 0 Å². The van der Waals surface area contributed by atoms with E-state index in [0.29, 0.717) is 6.54 Å². The molecule has 3 N–H and O–H groups in total. The van der Waals surface area contributed by atoms with Gasteiger partial charge in [0, 0.05) is 17.8 Å². The molecule has 1 rings (SSSR count). The van der Waals surface area contributed by atoms with Gasteiger partial charge in [0.2, 0.25) is 0 Å². The first-order valence-corrected chi connectivity index (χ1v) is 7.53. The van der Waals surface area contributed by atoms with Crippen LogP contribution in [-0.2, 0) is 4.79 Å². The van der Waals surface area contributed by atoms with Crippen LogP contribution in [0.4, 0.5) is 0 Å². The van der Waals surface area contributed by atoms with Crippen molar-refractivity contribution in [2.24, 2.45) is 0 Å². The molecule has 0 aliphatic carbocycles. The Balaban J connectivity index is 2.63. The summed E-state index contributed by atoms with van der Waals surface area (Å²) in [5.41, 5.74) is 0.791. The van der Waals surface area contributed by atoms with Crippen molar-refractivity contribution >= 4 is 17.7 Å². The number of aliphatic hydroxyl groups excluding tert-OH is 1. The molecule has 0 bridgehead atoms. The second-order valence-electron chi connectivity index (χ2n) is 4.46. The van der Waals surface area contributed by atoms with Gasteiger partial charge in [0.1, 0.15) is 0 Å². The fourth-order valence-corrected chi connectivity index (χ4v) is 2.56. The molecule has 0 spiro atoms. The number of carboxylic acids is 1. The van der Waals surface area contributed by atoms with Gasteiger partial charge >= 0.3 is 5.97 Å². The van der Waals surface area contributed by atoms with Crippen LogP contribution in [0, 0.1) is 0 Å². The Labute approximate surface area is 118 Å². The lowest BCUT2D eigenvalue weighted by atomic mass is 9.99. The van der Waals surface area contributed by atoms with Gasteiger partial charge in [-0.05, 0) is 18.7 Å². The van der Waals surface area contributed by atoms with Crippen molar-refractivity contribution in [3.05, 3.63) is 35.9 Å². The fourth-order valence-electron chi connectivity index (χ4n) is 1.91. The third kappa shape index (κ3) is 4.86. The lowest BCUT2D eigenvalue weighted by Gasteiger charge is -2.23. The number of thioether (sulfide) groups is 1. The minimum atomic E-state index is -0.837. The van der Waals surface area contributed by atoms with Crippen LogP contribution in [0.1, 0.15) is 18.4 Å². The van der Waals surface area contributed by atoms with E-state index in [9.17, 15) is 15.0 Å². The third-order valence-corrected chi connectivity index (χ3v) is 4.35. The van der Waals surface area contributed by atoms with Crippen LogP contribution in [0.5, 0.6) is 0 Å². The average Bonchev–Trinajstić information content (AvgIpc) is 2.41. The van der Waals surface area contributed by atoms with E-state index >= 15 is 0 Å². The summed E-state index contributed by atoms with van der Waals surface area (Å²) in [5.74, 6) is -1.40. The van der Waals surface area contributed by atoms with E-state index in [4.69, 9.17) is 0 Å². The monoisotopic (exact) mass is 283 g/mol. The molecule has 1 aromatic rings. The number of benzene rings is 1. The van der Waals surface area contributed by atoms with E-state index in [2.05, 4.69) is 5.32 Å². The van der Waals surface area contributed by atoms with E-state index in [1.165, 1.54) is 0 Å². The smallest absolute Gasteiger partial charge is 0.312 e. The van der Waals surface area contributed by atoms with Crippen molar-refractivity contribution in [3.63, 3.8) is 0 Å². The van der Waals surface area contributed by atoms with Crippen LogP contribution in [0.15, 0.2) is 30.3 Å². The molecule has 0 radical (unpaired) electrons. The number of rotatable bonds is 8. The van der Waals surface area contributed by atoms with E-state index in [1.54, 1.807) is 11.8 Å². The molecule has 106 valence electrons. The zero-order valence-electron chi connectivity index (χ0n) is 11.2. The minimum Gasteiger partial charge on any atom is -0.481 e. The molecule has 3 atom stereocenters. The van der Waals surface area contributed by atoms with Gasteiger partial charge < -0.3 is 15.5 Å². The van der Waals surface area contributed by atoms with E-state index in [-0.39, 0.29) is 17.9 Å². The summed E-state index contributed by atoms with van der Waals surface area (Å²) in [6.07, 6.45) is 1.94. The van der Waals surface area contributed by atoms with Gasteiger partial charge in [-0.1, -0.05) is 30.3 Å². The number of carbonyl (C=O) groups is 1. The molecular formula is C14H21NO3S. The molecule has 0 fully saturated rings. The molecule has 0 saturated carbocycles. The number of carboxylic acid groups (broad SMARTS) is 1. The number of aliphatic hydroxyl groups is 1. The number of hydrogen-bond donors (Lipinski definition) is 3. The fraction of sp³-hybridized carbons (Fsp3) is 0.500. The van der Waals surface area contributed by atoms with Crippen LogP contribution >= 0.6 is 11.8 Å². The first kappa shape index (κ1) is 16.0. The summed E-state index contributed by atoms with van der Waals surface area (Å²) in [6.45, 7) is 2.40. The second kappa shape index (κ2) is 8.19. The van der Waals surface area contributed by atoms with Crippen molar-refractivity contribution in [3.8, 4) is 0 Å². The zero-order valence-corrected chi connectivity index (χ0v) is 12.1. The SMILES string of the molecule is CSC(CO)C(C)NCC(C(=O)O)c1ccccc1. The molecule has 0 aliphatic heterocycles. The highest BCUT2D eigenvalue weighted by atomic mass is 32.2. The third-order valence-electron chi connectivity index (χ3n) is 3.18. The van der Waals surface area contributed by atoms with Gasteiger partial charge in [-0.3, -0.25) is 4.79 Å². The van der Waals surface area contributed by atoms with Crippen LogP contribution in [-0.4, -0.2) is 46.9 Å². The zero-order chi connectivity index (χ0) is 14.3. The molecular weight excluding hydrogens is 262 g/mol. The van der Waals surface area contributed by atoms with Gasteiger partial charge in [0.05, 0.1) is 12.5 Å². The Bertz CT molecular complexity index is 382. The summed E-state index contributed by atoms with van der Waals surface area (Å²) in [4.78, 5) is 11.3. The van der Waals surface area contributed by atoms with Crippen LogP contribution < -0.4 is 5.32 Å². The molecule has 4 nitrogen and oxygen atoms in total. The molecule has 1 aromatic carbocycles. The van der Waals surface area contributed by atoms with Gasteiger partial charge in [-0.25, -0.2) is 0 Å². The molecule has 5 heteroatoms. The normalized spacial score (nSPS) is 15.7. The second-order valence-corrected chi connectivity index (χ2v) is 5.53. The van der Waals surface area contributed by atoms with Gasteiger partial charge in [-0.2, -0.15) is 11.8 Å². The topological polar surface area (TPSA) is 69.6 Å². The summed E-state index contributed by atoms with van der Waals surface area (Å²) in [5, 5.41) is 21.8. The maximum atomic E-state index is 11.3. The highest BCUT2D eigenvalue weighted by Crippen LogP contribution is 2.16. The molecule has 0 aromatic heterocycles. The Morgan fingerprint density at radius 3 is 2.47 bits per heavy atom. The first-order chi connectivity index (χ1) is 9.10. The highest BCUT2D eigenvalue weighted by molar-refractivity contribution is 7.99. The van der Waals surface area contributed by atoms with Gasteiger partial charge in [0.25, 0.3) is 0 Å². The molecule has 0 amide bonds. The maximum Gasteiger partial charge on any atom is 0.312 e. The quantitative estimate of drug-likeness (QED) is 0.675. The number of hydrogen-bond acceptors (Lipinski definition) is 4. The van der Waals surface area contributed by atoms with Gasteiger partial charge in [0.15, 0.2) is 0 Å². The lowest BCUT2D eigenvalue weighted by molar-refractivity contribution is -0.138. The van der Waals surface area contributed by atoms with Crippen molar-refractivity contribution in [1.29, 1.82) is 0 Å². The Kier molecular flexibility index (Phi) is 6.91. The van der Waals surface area contributed by atoms with E-state index < -0.39 is 11.9 Å². The Morgan fingerprint density at radius 1 is 1.37 bits per heavy atom. The molecule has 0 heterocycles. The summed E-state index contributed by atoms with van der Waals surface area (Å²) < 4.78 is 0. The van der Waals surface area contributed by atoms with Crippen molar-refractivity contribution in [2.75, 3.05) is 19.4 Å². The minimum absolute atomic E-state index is 0.0607. The highest BCUT2D eigenvalue weighted by Gasteiger charge is 2.22. The summed E-state index contributed by atoms with van der Waals surface area (Å²) in [6, 6.07) is 9.26. The van der Waals surface area contributed by atoms with Crippen LogP contribution in [0.25, 0.3) is 0 Å². The summed E-state index contributed by atoms with van der Waals surface area (Å²) in [7, 11) is 0. The Hall–Kier alpha value is -1.04. The van der Waals surface area contributed by atoms with Crippen molar-refractivity contribution in [1.82, 2.24) is 5.32 Å².